The van der Waals surface area contributed by atoms with Crippen molar-refractivity contribution in [2.45, 2.75) is 18.8 Å². The maximum atomic E-state index is 11.0. The molecule has 1 unspecified atom stereocenters. The van der Waals surface area contributed by atoms with E-state index in [1.807, 2.05) is 0 Å². The second kappa shape index (κ2) is 4.76. The maximum Gasteiger partial charge on any atom is 0.264 e. The van der Waals surface area contributed by atoms with Gasteiger partial charge in [-0.3, -0.25) is 9.59 Å². The van der Waals surface area contributed by atoms with Crippen molar-refractivity contribution in [1.29, 1.82) is 0 Å². The number of H-pyrrole nitrogens is 1. The van der Waals surface area contributed by atoms with Gasteiger partial charge in [0, 0.05) is 6.07 Å². The zero-order chi connectivity index (χ0) is 10.6. The smallest absolute Gasteiger partial charge is 0.264 e. The van der Waals surface area contributed by atoms with Gasteiger partial charge in [0.25, 0.3) is 5.56 Å². The summed E-state index contributed by atoms with van der Waals surface area (Å²) >= 11 is 5.53. The Labute approximate surface area is 85.5 Å². The molecule has 1 atom stereocenters. The third-order valence-corrected chi connectivity index (χ3v) is 1.74. The van der Waals surface area contributed by atoms with Crippen molar-refractivity contribution in [3.05, 3.63) is 28.2 Å². The van der Waals surface area contributed by atoms with Gasteiger partial charge in [-0.15, -0.1) is 11.6 Å². The molecule has 0 saturated heterocycles. The van der Waals surface area contributed by atoms with Crippen molar-refractivity contribution < 1.29 is 4.79 Å². The van der Waals surface area contributed by atoms with Crippen LogP contribution in [0, 0.1) is 0 Å². The molecule has 0 aliphatic carbocycles. The Hall–Kier alpha value is -1.36. The van der Waals surface area contributed by atoms with Crippen LogP contribution in [-0.2, 0) is 11.3 Å². The van der Waals surface area contributed by atoms with Crippen molar-refractivity contribution in [3.63, 3.8) is 0 Å². The molecule has 14 heavy (non-hydrogen) atoms. The van der Waals surface area contributed by atoms with Gasteiger partial charge in [0.15, 0.2) is 0 Å². The molecule has 0 aliphatic rings. The molecule has 1 rings (SSSR count). The first-order valence-electron chi connectivity index (χ1n) is 4.06. The average molecular weight is 216 g/mol. The highest BCUT2D eigenvalue weighted by molar-refractivity contribution is 6.30. The van der Waals surface area contributed by atoms with Crippen LogP contribution < -0.4 is 10.9 Å². The van der Waals surface area contributed by atoms with E-state index in [1.54, 1.807) is 6.92 Å². The highest BCUT2D eigenvalue weighted by atomic mass is 35.5. The Morgan fingerprint density at radius 3 is 2.93 bits per heavy atom. The molecular weight excluding hydrogens is 206 g/mol. The summed E-state index contributed by atoms with van der Waals surface area (Å²) in [4.78, 5) is 21.7. The van der Waals surface area contributed by atoms with Crippen LogP contribution in [0.1, 0.15) is 12.6 Å². The fourth-order valence-electron chi connectivity index (χ4n) is 0.790. The second-order valence-electron chi connectivity index (χ2n) is 2.75. The molecule has 0 saturated carbocycles. The number of nitrogens with zero attached hydrogens (tertiary/aromatic N) is 1. The lowest BCUT2D eigenvalue weighted by molar-refractivity contribution is -0.120. The monoisotopic (exact) mass is 215 g/mol. The number of alkyl halides is 1. The fourth-order valence-corrected chi connectivity index (χ4v) is 0.867. The molecule has 0 aliphatic heterocycles. The molecule has 0 bridgehead atoms. The van der Waals surface area contributed by atoms with Crippen LogP contribution in [0.15, 0.2) is 16.9 Å². The lowest BCUT2D eigenvalue weighted by Crippen LogP contribution is -2.29. The van der Waals surface area contributed by atoms with Gasteiger partial charge in [0.2, 0.25) is 5.91 Å². The van der Waals surface area contributed by atoms with Gasteiger partial charge >= 0.3 is 0 Å². The zero-order valence-electron chi connectivity index (χ0n) is 7.58. The number of halogens is 1. The van der Waals surface area contributed by atoms with Crippen molar-refractivity contribution in [1.82, 2.24) is 15.5 Å². The Bertz CT molecular complexity index is 355. The Morgan fingerprint density at radius 2 is 2.43 bits per heavy atom. The largest absolute Gasteiger partial charge is 0.349 e. The van der Waals surface area contributed by atoms with Crippen LogP contribution in [0.2, 0.25) is 0 Å². The first-order chi connectivity index (χ1) is 6.59. The molecule has 6 heteroatoms. The number of rotatable bonds is 3. The Kier molecular flexibility index (Phi) is 3.64. The highest BCUT2D eigenvalue weighted by Crippen LogP contribution is 1.94. The van der Waals surface area contributed by atoms with Gasteiger partial charge in [0.05, 0.1) is 12.2 Å². The molecule has 1 heterocycles. The van der Waals surface area contributed by atoms with Crippen LogP contribution in [0.4, 0.5) is 0 Å². The summed E-state index contributed by atoms with van der Waals surface area (Å²) < 4.78 is 0. The molecule has 1 aromatic rings. The number of amides is 1. The SMILES string of the molecule is CC(Cl)C(=O)NCc1ccc(=O)[nH]n1. The molecular formula is C8H10ClN3O2. The predicted molar refractivity (Wildman–Crippen MR) is 52.0 cm³/mol. The lowest BCUT2D eigenvalue weighted by Gasteiger charge is -2.04. The van der Waals surface area contributed by atoms with Gasteiger partial charge in [-0.25, -0.2) is 5.10 Å². The van der Waals surface area contributed by atoms with Gasteiger partial charge in [0.1, 0.15) is 5.38 Å². The van der Waals surface area contributed by atoms with E-state index in [-0.39, 0.29) is 18.0 Å². The maximum absolute atomic E-state index is 11.0. The number of aromatic amines is 1. The van der Waals surface area contributed by atoms with Crippen LogP contribution in [0.3, 0.4) is 0 Å². The van der Waals surface area contributed by atoms with Gasteiger partial charge < -0.3 is 5.32 Å². The Balaban J connectivity index is 2.50. The van der Waals surface area contributed by atoms with Crippen molar-refractivity contribution >= 4 is 17.5 Å². The van der Waals surface area contributed by atoms with Gasteiger partial charge in [-0.2, -0.15) is 5.10 Å². The fraction of sp³-hybridized carbons (Fsp3) is 0.375. The molecule has 1 amide bonds. The van der Waals surface area contributed by atoms with Crippen LogP contribution in [0.5, 0.6) is 0 Å². The van der Waals surface area contributed by atoms with E-state index in [1.165, 1.54) is 12.1 Å². The summed E-state index contributed by atoms with van der Waals surface area (Å²) in [5.74, 6) is -0.264. The van der Waals surface area contributed by atoms with Crippen molar-refractivity contribution in [2.24, 2.45) is 0 Å². The topological polar surface area (TPSA) is 74.8 Å². The summed E-state index contributed by atoms with van der Waals surface area (Å²) in [6.45, 7) is 1.84. The highest BCUT2D eigenvalue weighted by Gasteiger charge is 2.07. The lowest BCUT2D eigenvalue weighted by atomic mass is 10.3. The zero-order valence-corrected chi connectivity index (χ0v) is 8.34. The third-order valence-electron chi connectivity index (χ3n) is 1.54. The van der Waals surface area contributed by atoms with Crippen LogP contribution >= 0.6 is 11.6 Å². The number of hydrogen-bond donors (Lipinski definition) is 2. The van der Waals surface area contributed by atoms with E-state index >= 15 is 0 Å². The van der Waals surface area contributed by atoms with Crippen LogP contribution in [0.25, 0.3) is 0 Å². The molecule has 0 spiro atoms. The minimum atomic E-state index is -0.572. The minimum absolute atomic E-state index is 0.257. The number of aromatic nitrogens is 2. The number of carbonyl (C=O) groups is 1. The molecule has 76 valence electrons. The summed E-state index contributed by atoms with van der Waals surface area (Å²) in [7, 11) is 0. The van der Waals surface area contributed by atoms with E-state index < -0.39 is 5.38 Å². The predicted octanol–water partition coefficient (Wildman–Crippen LogP) is 0.0134. The molecule has 0 radical (unpaired) electrons. The molecule has 5 nitrogen and oxygen atoms in total. The normalized spacial score (nSPS) is 12.1. The summed E-state index contributed by atoms with van der Waals surface area (Å²) in [6.07, 6.45) is 0. The third kappa shape index (κ3) is 3.18. The molecule has 0 aromatic carbocycles. The summed E-state index contributed by atoms with van der Waals surface area (Å²) in [5.41, 5.74) is 0.307. The number of hydrogen-bond acceptors (Lipinski definition) is 3. The first kappa shape index (κ1) is 10.7. The van der Waals surface area contributed by atoms with E-state index in [9.17, 15) is 9.59 Å². The standard InChI is InChI=1S/C8H10ClN3O2/c1-5(9)8(14)10-4-6-2-3-7(13)12-11-6/h2-3,5H,4H2,1H3,(H,10,14)(H,12,13). The van der Waals surface area contributed by atoms with E-state index in [2.05, 4.69) is 15.5 Å². The van der Waals surface area contributed by atoms with Crippen molar-refractivity contribution in [2.75, 3.05) is 0 Å². The molecule has 0 fully saturated rings. The average Bonchev–Trinajstić information content (AvgIpc) is 2.16. The number of carbonyl (C=O) groups excluding carboxylic acids is 1. The second-order valence-corrected chi connectivity index (χ2v) is 3.40. The van der Waals surface area contributed by atoms with E-state index in [0.717, 1.165) is 0 Å². The van der Waals surface area contributed by atoms with Crippen LogP contribution in [-0.4, -0.2) is 21.5 Å². The van der Waals surface area contributed by atoms with E-state index in [4.69, 9.17) is 11.6 Å². The van der Waals surface area contributed by atoms with Crippen molar-refractivity contribution in [3.8, 4) is 0 Å². The van der Waals surface area contributed by atoms with Gasteiger partial charge in [-0.1, -0.05) is 0 Å². The first-order valence-corrected chi connectivity index (χ1v) is 4.49. The quantitative estimate of drug-likeness (QED) is 0.698. The molecule has 2 N–H and O–H groups in total. The summed E-state index contributed by atoms with van der Waals surface area (Å²) in [5, 5.41) is 7.97. The summed E-state index contributed by atoms with van der Waals surface area (Å²) in [6, 6.07) is 2.89. The Morgan fingerprint density at radius 1 is 1.71 bits per heavy atom. The van der Waals surface area contributed by atoms with Gasteiger partial charge in [-0.05, 0) is 13.0 Å². The van der Waals surface area contributed by atoms with E-state index in [0.29, 0.717) is 5.69 Å². The number of nitrogens with one attached hydrogen (secondary N) is 2. The minimum Gasteiger partial charge on any atom is -0.349 e. The molecule has 1 aromatic heterocycles.